The highest BCUT2D eigenvalue weighted by Crippen LogP contribution is 2.44. The normalized spacial score (nSPS) is 13.0. The van der Waals surface area contributed by atoms with E-state index in [2.05, 4.69) is 0 Å². The molecule has 142 valence electrons. The number of amides is 1. The average Bonchev–Trinajstić information content (AvgIpc) is 2.91. The van der Waals surface area contributed by atoms with E-state index in [1.807, 2.05) is 48.5 Å². The van der Waals surface area contributed by atoms with Gasteiger partial charge in [0, 0.05) is 5.92 Å². The summed E-state index contributed by atoms with van der Waals surface area (Å²) in [6, 6.07) is 16.0. The van der Waals surface area contributed by atoms with E-state index in [1.54, 1.807) is 0 Å². The predicted octanol–water partition coefficient (Wildman–Crippen LogP) is 3.09. The van der Waals surface area contributed by atoms with Gasteiger partial charge in [0.1, 0.15) is 13.2 Å². The number of carbonyl (C=O) groups is 2. The Morgan fingerprint density at radius 2 is 1.56 bits per heavy atom. The van der Waals surface area contributed by atoms with E-state index in [0.29, 0.717) is 0 Å². The second-order valence-corrected chi connectivity index (χ2v) is 7.37. The number of aliphatic hydroxyl groups is 1. The van der Waals surface area contributed by atoms with Crippen LogP contribution in [0.4, 0.5) is 4.79 Å². The summed E-state index contributed by atoms with van der Waals surface area (Å²) in [5.41, 5.74) is 3.18. The van der Waals surface area contributed by atoms with Crippen molar-refractivity contribution >= 4 is 12.1 Å². The Hall–Kier alpha value is -2.86. The minimum Gasteiger partial charge on any atom is -0.480 e. The lowest BCUT2D eigenvalue weighted by Crippen LogP contribution is -2.45. The molecule has 2 aromatic rings. The summed E-state index contributed by atoms with van der Waals surface area (Å²) in [4.78, 5) is 24.5. The van der Waals surface area contributed by atoms with Crippen molar-refractivity contribution in [2.24, 2.45) is 0 Å². The summed E-state index contributed by atoms with van der Waals surface area (Å²) in [7, 11) is 0. The van der Waals surface area contributed by atoms with Gasteiger partial charge in [-0.1, -0.05) is 48.5 Å². The number of carbonyl (C=O) groups excluding carboxylic acids is 1. The highest BCUT2D eigenvalue weighted by molar-refractivity contribution is 5.79. The molecule has 0 aromatic heterocycles. The molecule has 0 radical (unpaired) electrons. The van der Waals surface area contributed by atoms with Gasteiger partial charge in [-0.2, -0.15) is 0 Å². The SMILES string of the molecule is CC(C)(O)CN(CC(=O)O)C(=O)OCC1c2ccccc2-c2ccccc21. The third-order valence-electron chi connectivity index (χ3n) is 4.50. The molecule has 0 spiro atoms. The van der Waals surface area contributed by atoms with Gasteiger partial charge in [0.05, 0.1) is 12.1 Å². The van der Waals surface area contributed by atoms with Crippen LogP contribution in [0.3, 0.4) is 0 Å². The Bertz CT molecular complexity index is 810. The van der Waals surface area contributed by atoms with Crippen LogP contribution in [0.15, 0.2) is 48.5 Å². The largest absolute Gasteiger partial charge is 0.480 e. The molecule has 6 heteroatoms. The first-order chi connectivity index (χ1) is 12.8. The molecule has 1 aliphatic carbocycles. The summed E-state index contributed by atoms with van der Waals surface area (Å²) in [5, 5.41) is 19.0. The lowest BCUT2D eigenvalue weighted by molar-refractivity contribution is -0.138. The molecular formula is C21H23NO5. The van der Waals surface area contributed by atoms with Crippen LogP contribution in [0.2, 0.25) is 0 Å². The first-order valence-electron chi connectivity index (χ1n) is 8.80. The van der Waals surface area contributed by atoms with Gasteiger partial charge in [-0.25, -0.2) is 4.79 Å². The first kappa shape index (κ1) is 18.9. The van der Waals surface area contributed by atoms with Gasteiger partial charge >= 0.3 is 12.1 Å². The highest BCUT2D eigenvalue weighted by Gasteiger charge is 2.31. The number of benzene rings is 2. The zero-order valence-corrected chi connectivity index (χ0v) is 15.4. The Morgan fingerprint density at radius 1 is 1.04 bits per heavy atom. The third kappa shape index (κ3) is 4.28. The summed E-state index contributed by atoms with van der Waals surface area (Å²) in [6.45, 7) is 2.47. The molecule has 1 amide bonds. The monoisotopic (exact) mass is 369 g/mol. The summed E-state index contributed by atoms with van der Waals surface area (Å²) in [6.07, 6.45) is -0.749. The van der Waals surface area contributed by atoms with E-state index in [4.69, 9.17) is 9.84 Å². The number of aliphatic carboxylic acids is 1. The summed E-state index contributed by atoms with van der Waals surface area (Å²) < 4.78 is 5.46. The Balaban J connectivity index is 1.77. The van der Waals surface area contributed by atoms with Gasteiger partial charge in [-0.3, -0.25) is 9.69 Å². The zero-order chi connectivity index (χ0) is 19.6. The van der Waals surface area contributed by atoms with Crippen molar-refractivity contribution < 1.29 is 24.5 Å². The zero-order valence-electron chi connectivity index (χ0n) is 15.4. The van der Waals surface area contributed by atoms with Gasteiger partial charge in [-0.15, -0.1) is 0 Å². The molecule has 2 N–H and O–H groups in total. The van der Waals surface area contributed by atoms with Crippen LogP contribution < -0.4 is 0 Å². The maximum atomic E-state index is 12.5. The fraction of sp³-hybridized carbons (Fsp3) is 0.333. The van der Waals surface area contributed by atoms with Crippen molar-refractivity contribution in [3.8, 4) is 11.1 Å². The predicted molar refractivity (Wildman–Crippen MR) is 101 cm³/mol. The Labute approximate surface area is 158 Å². The molecule has 0 saturated heterocycles. The second-order valence-electron chi connectivity index (χ2n) is 7.37. The maximum absolute atomic E-state index is 12.5. The van der Waals surface area contributed by atoms with E-state index in [0.717, 1.165) is 27.2 Å². The van der Waals surface area contributed by atoms with E-state index in [9.17, 15) is 14.7 Å². The average molecular weight is 369 g/mol. The van der Waals surface area contributed by atoms with Crippen LogP contribution in [0, 0.1) is 0 Å². The number of carboxylic acids is 1. The van der Waals surface area contributed by atoms with Crippen molar-refractivity contribution in [2.45, 2.75) is 25.4 Å². The number of fused-ring (bicyclic) bond motifs is 3. The van der Waals surface area contributed by atoms with E-state index in [1.165, 1.54) is 13.8 Å². The maximum Gasteiger partial charge on any atom is 0.410 e. The van der Waals surface area contributed by atoms with Crippen LogP contribution in [0.1, 0.15) is 30.9 Å². The number of hydrogen-bond donors (Lipinski definition) is 2. The molecule has 0 heterocycles. The molecule has 0 atom stereocenters. The van der Waals surface area contributed by atoms with Crippen LogP contribution in [0.5, 0.6) is 0 Å². The molecule has 0 saturated carbocycles. The number of carboxylic acid groups (broad SMARTS) is 1. The molecule has 0 bridgehead atoms. The number of ether oxygens (including phenoxy) is 1. The van der Waals surface area contributed by atoms with Gasteiger partial charge < -0.3 is 14.9 Å². The highest BCUT2D eigenvalue weighted by atomic mass is 16.6. The lowest BCUT2D eigenvalue weighted by Gasteiger charge is -2.27. The van der Waals surface area contributed by atoms with Crippen molar-refractivity contribution in [2.75, 3.05) is 19.7 Å². The van der Waals surface area contributed by atoms with Gasteiger partial charge in [0.25, 0.3) is 0 Å². The molecule has 6 nitrogen and oxygen atoms in total. The summed E-state index contributed by atoms with van der Waals surface area (Å²) in [5.74, 6) is -1.26. The number of nitrogens with zero attached hydrogens (tertiary/aromatic N) is 1. The van der Waals surface area contributed by atoms with Gasteiger partial charge in [0.2, 0.25) is 0 Å². The van der Waals surface area contributed by atoms with Crippen LogP contribution in [-0.4, -0.2) is 52.5 Å². The van der Waals surface area contributed by atoms with Crippen molar-refractivity contribution in [3.05, 3.63) is 59.7 Å². The van der Waals surface area contributed by atoms with Crippen LogP contribution in [-0.2, 0) is 9.53 Å². The molecule has 2 aromatic carbocycles. The quantitative estimate of drug-likeness (QED) is 0.817. The third-order valence-corrected chi connectivity index (χ3v) is 4.50. The minimum atomic E-state index is -1.22. The smallest absolute Gasteiger partial charge is 0.410 e. The standard InChI is InChI=1S/C21H23NO5/c1-21(2,26)13-22(11-19(23)24)20(25)27-12-18-16-9-5-3-7-14(16)15-8-4-6-10-17(15)18/h3-10,18,26H,11-13H2,1-2H3,(H,23,24). The fourth-order valence-corrected chi connectivity index (χ4v) is 3.50. The minimum absolute atomic E-state index is 0.102. The molecule has 1 aliphatic rings. The first-order valence-corrected chi connectivity index (χ1v) is 8.80. The Kier molecular flexibility index (Phi) is 5.19. The van der Waals surface area contributed by atoms with Gasteiger partial charge in [-0.05, 0) is 36.1 Å². The van der Waals surface area contributed by atoms with Crippen molar-refractivity contribution in [1.29, 1.82) is 0 Å². The Morgan fingerprint density at radius 3 is 2.04 bits per heavy atom. The van der Waals surface area contributed by atoms with Crippen LogP contribution in [0.25, 0.3) is 11.1 Å². The topological polar surface area (TPSA) is 87.1 Å². The van der Waals surface area contributed by atoms with Gasteiger partial charge in [0.15, 0.2) is 0 Å². The van der Waals surface area contributed by atoms with E-state index < -0.39 is 24.2 Å². The molecular weight excluding hydrogens is 346 g/mol. The molecule has 3 rings (SSSR count). The molecule has 0 fully saturated rings. The second kappa shape index (κ2) is 7.40. The lowest BCUT2D eigenvalue weighted by atomic mass is 9.98. The molecule has 27 heavy (non-hydrogen) atoms. The summed E-state index contributed by atoms with van der Waals surface area (Å²) >= 11 is 0. The van der Waals surface area contributed by atoms with Crippen molar-refractivity contribution in [1.82, 2.24) is 4.90 Å². The molecule has 0 unspecified atom stereocenters. The fourth-order valence-electron chi connectivity index (χ4n) is 3.50. The number of hydrogen-bond acceptors (Lipinski definition) is 4. The van der Waals surface area contributed by atoms with E-state index >= 15 is 0 Å². The van der Waals surface area contributed by atoms with Crippen molar-refractivity contribution in [3.63, 3.8) is 0 Å². The van der Waals surface area contributed by atoms with Crippen LogP contribution >= 0.6 is 0 Å². The number of rotatable bonds is 6. The van der Waals surface area contributed by atoms with E-state index in [-0.39, 0.29) is 19.1 Å². The molecule has 0 aliphatic heterocycles.